The normalized spacial score (nSPS) is 30.8. The van der Waals surface area contributed by atoms with Crippen molar-refractivity contribution < 1.29 is 9.53 Å². The summed E-state index contributed by atoms with van der Waals surface area (Å²) in [5, 5.41) is 17.2. The third kappa shape index (κ3) is 3.62. The summed E-state index contributed by atoms with van der Waals surface area (Å²) in [7, 11) is 0. The number of pyridine rings is 1. The van der Waals surface area contributed by atoms with Gasteiger partial charge in [0.15, 0.2) is 6.10 Å². The number of hydrogen-bond donors (Lipinski definition) is 2. The highest BCUT2D eigenvalue weighted by molar-refractivity contribution is 5.95. The summed E-state index contributed by atoms with van der Waals surface area (Å²) < 4.78 is 6.03. The number of amides is 1. The molecule has 5 rings (SSSR count). The average Bonchev–Trinajstić information content (AvgIpc) is 3.10. The minimum atomic E-state index is -0.511. The van der Waals surface area contributed by atoms with Crippen molar-refractivity contribution in [3.8, 4) is 6.07 Å². The Hall–Kier alpha value is -2.69. The lowest BCUT2D eigenvalue weighted by atomic mass is 9.99. The quantitative estimate of drug-likeness (QED) is 0.813. The van der Waals surface area contributed by atoms with Gasteiger partial charge >= 0.3 is 0 Å². The van der Waals surface area contributed by atoms with Crippen molar-refractivity contribution in [3.63, 3.8) is 0 Å². The van der Waals surface area contributed by atoms with Gasteiger partial charge in [0.2, 0.25) is 0 Å². The molecule has 2 N–H and O–H groups in total. The minimum absolute atomic E-state index is 0.0195. The zero-order chi connectivity index (χ0) is 20.7. The lowest BCUT2D eigenvalue weighted by molar-refractivity contribution is -0.138. The number of ether oxygens (including phenoxy) is 1. The first-order valence-corrected chi connectivity index (χ1v) is 10.9. The van der Waals surface area contributed by atoms with Gasteiger partial charge in [-0.2, -0.15) is 5.26 Å². The molecule has 3 aliphatic heterocycles. The molecule has 5 atom stereocenters. The molecule has 0 radical (unpaired) electrons. The van der Waals surface area contributed by atoms with E-state index in [4.69, 9.17) is 4.74 Å². The number of morpholine rings is 1. The van der Waals surface area contributed by atoms with Crippen molar-refractivity contribution >= 4 is 22.5 Å². The van der Waals surface area contributed by atoms with Crippen LogP contribution < -0.4 is 15.5 Å². The molecule has 0 saturated carbocycles. The second-order valence-electron chi connectivity index (χ2n) is 8.80. The van der Waals surface area contributed by atoms with Crippen LogP contribution in [0.25, 0.3) is 10.9 Å². The molecule has 1 aromatic carbocycles. The number of hydrogen-bond acceptors (Lipinski definition) is 6. The van der Waals surface area contributed by atoms with Crippen LogP contribution in [0.5, 0.6) is 0 Å². The van der Waals surface area contributed by atoms with E-state index in [0.717, 1.165) is 23.9 Å². The van der Waals surface area contributed by atoms with Crippen LogP contribution >= 0.6 is 0 Å². The second-order valence-corrected chi connectivity index (χ2v) is 8.80. The molecule has 30 heavy (non-hydrogen) atoms. The maximum atomic E-state index is 13.0. The second kappa shape index (κ2) is 7.86. The fourth-order valence-corrected chi connectivity index (χ4v) is 5.29. The van der Waals surface area contributed by atoms with E-state index >= 15 is 0 Å². The smallest absolute Gasteiger partial charge is 0.251 e. The number of rotatable bonds is 3. The first-order valence-electron chi connectivity index (χ1n) is 10.9. The lowest BCUT2D eigenvalue weighted by Crippen LogP contribution is -2.56. The Morgan fingerprint density at radius 1 is 1.27 bits per heavy atom. The molecular weight excluding hydrogens is 378 g/mol. The fraction of sp³-hybridized carbons (Fsp3) is 0.522. The van der Waals surface area contributed by atoms with Crippen LogP contribution in [0.15, 0.2) is 30.5 Å². The Morgan fingerprint density at radius 2 is 2.07 bits per heavy atom. The van der Waals surface area contributed by atoms with Crippen LogP contribution in [0.1, 0.15) is 38.2 Å². The number of fused-ring (bicyclic) bond motifs is 3. The summed E-state index contributed by atoms with van der Waals surface area (Å²) in [5.74, 6) is -0.0195. The molecule has 0 aliphatic carbocycles. The lowest BCUT2D eigenvalue weighted by Gasteiger charge is -2.39. The van der Waals surface area contributed by atoms with E-state index in [2.05, 4.69) is 26.6 Å². The summed E-state index contributed by atoms with van der Waals surface area (Å²) in [6, 6.07) is 11.2. The van der Waals surface area contributed by atoms with Crippen molar-refractivity contribution in [2.24, 2.45) is 0 Å². The number of piperidine rings is 1. The number of aromatic nitrogens is 1. The van der Waals surface area contributed by atoms with E-state index in [1.807, 2.05) is 31.2 Å². The topological polar surface area (TPSA) is 90.3 Å². The molecule has 2 aromatic rings. The van der Waals surface area contributed by atoms with Gasteiger partial charge < -0.3 is 20.3 Å². The van der Waals surface area contributed by atoms with E-state index < -0.39 is 6.10 Å². The maximum absolute atomic E-state index is 13.0. The molecule has 3 aliphatic rings. The highest BCUT2D eigenvalue weighted by atomic mass is 16.5. The van der Waals surface area contributed by atoms with E-state index in [9.17, 15) is 10.1 Å². The van der Waals surface area contributed by atoms with E-state index in [1.165, 1.54) is 12.8 Å². The van der Waals surface area contributed by atoms with Gasteiger partial charge in [0, 0.05) is 41.9 Å². The summed E-state index contributed by atoms with van der Waals surface area (Å²) in [5.41, 5.74) is 2.25. The standard InChI is InChI=1S/C23H27N5O2/c1-14-12-28(20-7-4-15(11-24)22-19(20)3-2-8-25-22)13-21(30-14)23(29)27-18-9-16-5-6-17(10-18)26-16/h2-4,7-8,14,16-18,21,26H,5-6,9-10,12-13H2,1H3,(H,27,29)/t14-,16-,17+,18+,21-/m1/s1. The number of carbonyl (C=O) groups excluding carboxylic acids is 1. The largest absolute Gasteiger partial charge is 0.365 e. The number of nitrogens with one attached hydrogen (secondary N) is 2. The van der Waals surface area contributed by atoms with Gasteiger partial charge in [-0.1, -0.05) is 0 Å². The van der Waals surface area contributed by atoms with E-state index in [0.29, 0.717) is 36.3 Å². The van der Waals surface area contributed by atoms with Crippen molar-refractivity contribution in [3.05, 3.63) is 36.0 Å². The fourth-order valence-electron chi connectivity index (χ4n) is 5.29. The van der Waals surface area contributed by atoms with Crippen molar-refractivity contribution in [1.29, 1.82) is 5.26 Å². The zero-order valence-electron chi connectivity index (χ0n) is 17.2. The Kier molecular flexibility index (Phi) is 5.05. The van der Waals surface area contributed by atoms with Crippen LogP contribution in [-0.4, -0.2) is 54.3 Å². The molecule has 1 aromatic heterocycles. The molecule has 4 heterocycles. The van der Waals surface area contributed by atoms with E-state index in [-0.39, 0.29) is 18.1 Å². The predicted octanol–water partition coefficient (Wildman–Crippen LogP) is 2.10. The summed E-state index contributed by atoms with van der Waals surface area (Å²) in [6.45, 7) is 3.18. The molecule has 156 valence electrons. The number of nitrogens with zero attached hydrogens (tertiary/aromatic N) is 3. The Labute approximate surface area is 176 Å². The molecule has 7 heteroatoms. The summed E-state index contributed by atoms with van der Waals surface area (Å²) in [6.07, 6.45) is 5.55. The van der Waals surface area contributed by atoms with Crippen molar-refractivity contribution in [1.82, 2.24) is 15.6 Å². The zero-order valence-corrected chi connectivity index (χ0v) is 17.2. The van der Waals surface area contributed by atoms with Crippen LogP contribution in [0, 0.1) is 11.3 Å². The van der Waals surface area contributed by atoms with Crippen LogP contribution in [0.4, 0.5) is 5.69 Å². The highest BCUT2D eigenvalue weighted by Gasteiger charge is 2.37. The average molecular weight is 406 g/mol. The van der Waals surface area contributed by atoms with Gasteiger partial charge in [0.05, 0.1) is 23.7 Å². The third-order valence-corrected chi connectivity index (χ3v) is 6.58. The molecule has 7 nitrogen and oxygen atoms in total. The van der Waals surface area contributed by atoms with Crippen molar-refractivity contribution in [2.75, 3.05) is 18.0 Å². The maximum Gasteiger partial charge on any atom is 0.251 e. The van der Waals surface area contributed by atoms with Gasteiger partial charge in [-0.25, -0.2) is 0 Å². The van der Waals surface area contributed by atoms with Crippen molar-refractivity contribution in [2.45, 2.75) is 62.9 Å². The predicted molar refractivity (Wildman–Crippen MR) is 114 cm³/mol. The Balaban J connectivity index is 1.35. The first kappa shape index (κ1) is 19.3. The molecular formula is C23H27N5O2. The Morgan fingerprint density at radius 3 is 2.83 bits per heavy atom. The van der Waals surface area contributed by atoms with Gasteiger partial charge in [-0.3, -0.25) is 9.78 Å². The monoisotopic (exact) mass is 405 g/mol. The molecule has 3 fully saturated rings. The molecule has 1 amide bonds. The van der Waals surface area contributed by atoms with Gasteiger partial charge in [-0.05, 0) is 56.9 Å². The van der Waals surface area contributed by atoms with Crippen LogP contribution in [0.2, 0.25) is 0 Å². The minimum Gasteiger partial charge on any atom is -0.365 e. The number of benzene rings is 1. The summed E-state index contributed by atoms with van der Waals surface area (Å²) in [4.78, 5) is 19.7. The van der Waals surface area contributed by atoms with Gasteiger partial charge in [0.25, 0.3) is 5.91 Å². The van der Waals surface area contributed by atoms with E-state index in [1.54, 1.807) is 6.20 Å². The number of carbonyl (C=O) groups is 1. The van der Waals surface area contributed by atoms with Gasteiger partial charge in [0.1, 0.15) is 6.07 Å². The Bertz CT molecular complexity index is 991. The number of nitriles is 1. The molecule has 3 saturated heterocycles. The van der Waals surface area contributed by atoms with Crippen LogP contribution in [-0.2, 0) is 9.53 Å². The SMILES string of the molecule is C[C@@H]1CN(c2ccc(C#N)c3ncccc23)C[C@H](C(=O)N[C@H]2C[C@H]3CC[C@@H](C2)N3)O1. The first-order chi connectivity index (χ1) is 14.6. The summed E-state index contributed by atoms with van der Waals surface area (Å²) >= 11 is 0. The third-order valence-electron chi connectivity index (χ3n) is 6.58. The number of anilines is 1. The highest BCUT2D eigenvalue weighted by Crippen LogP contribution is 2.31. The molecule has 0 unspecified atom stereocenters. The van der Waals surface area contributed by atoms with Gasteiger partial charge in [-0.15, -0.1) is 0 Å². The molecule has 2 bridgehead atoms. The van der Waals surface area contributed by atoms with Crippen LogP contribution in [0.3, 0.4) is 0 Å². The molecule has 0 spiro atoms.